The lowest BCUT2D eigenvalue weighted by molar-refractivity contribution is 0.0935. The minimum atomic E-state index is -0.0673. The molecule has 5 heteroatoms. The van der Waals surface area contributed by atoms with E-state index in [2.05, 4.69) is 24.3 Å². The summed E-state index contributed by atoms with van der Waals surface area (Å²) in [7, 11) is 0. The molecule has 1 atom stereocenters. The molecule has 1 aromatic heterocycles. The second-order valence-corrected chi connectivity index (χ2v) is 5.67. The zero-order chi connectivity index (χ0) is 15.1. The highest BCUT2D eigenvalue weighted by atomic mass is 16.3. The Labute approximate surface area is 121 Å². The number of hydrogen-bond donors (Lipinski definition) is 2. The Kier molecular flexibility index (Phi) is 6.71. The first kappa shape index (κ1) is 16.7. The molecule has 1 unspecified atom stereocenters. The van der Waals surface area contributed by atoms with Crippen LogP contribution < -0.4 is 5.32 Å². The van der Waals surface area contributed by atoms with E-state index in [9.17, 15) is 4.79 Å². The van der Waals surface area contributed by atoms with Crippen LogP contribution in [0.1, 0.15) is 56.6 Å². The third-order valence-electron chi connectivity index (χ3n) is 3.24. The van der Waals surface area contributed by atoms with Crippen molar-refractivity contribution in [3.05, 3.63) is 17.5 Å². The van der Waals surface area contributed by atoms with Crippen molar-refractivity contribution in [1.82, 2.24) is 15.1 Å². The standard InChI is InChI=1S/C15H27N3O2/c1-5-14-13(9-16-18(14)10-11(2)3)15(20)17-12(4)7-6-8-19/h9,11-12,19H,5-8,10H2,1-4H3,(H,17,20). The lowest BCUT2D eigenvalue weighted by Gasteiger charge is -2.14. The Morgan fingerprint density at radius 3 is 2.70 bits per heavy atom. The highest BCUT2D eigenvalue weighted by molar-refractivity contribution is 5.95. The monoisotopic (exact) mass is 281 g/mol. The summed E-state index contributed by atoms with van der Waals surface area (Å²) in [6.45, 7) is 9.26. The number of rotatable bonds is 8. The summed E-state index contributed by atoms with van der Waals surface area (Å²) >= 11 is 0. The van der Waals surface area contributed by atoms with E-state index < -0.39 is 0 Å². The zero-order valence-electron chi connectivity index (χ0n) is 13.0. The average molecular weight is 281 g/mol. The van der Waals surface area contributed by atoms with Gasteiger partial charge in [0.25, 0.3) is 5.91 Å². The Balaban J connectivity index is 2.75. The Morgan fingerprint density at radius 1 is 1.45 bits per heavy atom. The summed E-state index contributed by atoms with van der Waals surface area (Å²) in [5.74, 6) is 0.432. The zero-order valence-corrected chi connectivity index (χ0v) is 13.0. The van der Waals surface area contributed by atoms with Gasteiger partial charge < -0.3 is 10.4 Å². The summed E-state index contributed by atoms with van der Waals surface area (Å²) < 4.78 is 1.93. The first-order valence-corrected chi connectivity index (χ1v) is 7.45. The molecule has 0 aliphatic carbocycles. The second-order valence-electron chi connectivity index (χ2n) is 5.67. The molecule has 0 aromatic carbocycles. The molecular formula is C15H27N3O2. The van der Waals surface area contributed by atoms with Gasteiger partial charge in [0.15, 0.2) is 0 Å². The van der Waals surface area contributed by atoms with E-state index in [1.807, 2.05) is 18.5 Å². The van der Waals surface area contributed by atoms with Crippen LogP contribution >= 0.6 is 0 Å². The van der Waals surface area contributed by atoms with Gasteiger partial charge in [0.05, 0.1) is 17.5 Å². The number of aliphatic hydroxyl groups excluding tert-OH is 1. The Morgan fingerprint density at radius 2 is 2.15 bits per heavy atom. The molecule has 1 aromatic rings. The van der Waals surface area contributed by atoms with Gasteiger partial charge in [-0.15, -0.1) is 0 Å². The topological polar surface area (TPSA) is 67.2 Å². The van der Waals surface area contributed by atoms with Gasteiger partial charge in [0, 0.05) is 19.2 Å². The van der Waals surface area contributed by atoms with Gasteiger partial charge in [0.1, 0.15) is 0 Å². The van der Waals surface area contributed by atoms with E-state index >= 15 is 0 Å². The fourth-order valence-corrected chi connectivity index (χ4v) is 2.25. The fraction of sp³-hybridized carbons (Fsp3) is 0.733. The van der Waals surface area contributed by atoms with Crippen molar-refractivity contribution in [1.29, 1.82) is 0 Å². The van der Waals surface area contributed by atoms with Gasteiger partial charge >= 0.3 is 0 Å². The number of nitrogens with zero attached hydrogens (tertiary/aromatic N) is 2. The van der Waals surface area contributed by atoms with Crippen LogP contribution in [0, 0.1) is 5.92 Å². The van der Waals surface area contributed by atoms with Crippen molar-refractivity contribution >= 4 is 5.91 Å². The number of amides is 1. The maximum atomic E-state index is 12.3. The van der Waals surface area contributed by atoms with Crippen LogP contribution in [-0.4, -0.2) is 33.4 Å². The van der Waals surface area contributed by atoms with Crippen LogP contribution in [0.4, 0.5) is 0 Å². The highest BCUT2D eigenvalue weighted by Crippen LogP contribution is 2.12. The smallest absolute Gasteiger partial charge is 0.254 e. The molecule has 1 heterocycles. The minimum Gasteiger partial charge on any atom is -0.396 e. The molecule has 0 radical (unpaired) electrons. The first-order valence-electron chi connectivity index (χ1n) is 7.45. The number of carbonyl (C=O) groups excluding carboxylic acids is 1. The van der Waals surface area contributed by atoms with Crippen LogP contribution in [0.25, 0.3) is 0 Å². The average Bonchev–Trinajstić information content (AvgIpc) is 2.78. The van der Waals surface area contributed by atoms with Crippen LogP contribution in [0.15, 0.2) is 6.20 Å². The fourth-order valence-electron chi connectivity index (χ4n) is 2.25. The van der Waals surface area contributed by atoms with Gasteiger partial charge in [0.2, 0.25) is 0 Å². The highest BCUT2D eigenvalue weighted by Gasteiger charge is 2.18. The molecule has 1 amide bonds. The van der Waals surface area contributed by atoms with E-state index in [0.29, 0.717) is 17.9 Å². The molecular weight excluding hydrogens is 254 g/mol. The molecule has 1 rings (SSSR count). The largest absolute Gasteiger partial charge is 0.396 e. The molecule has 0 aliphatic heterocycles. The van der Waals surface area contributed by atoms with E-state index in [-0.39, 0.29) is 18.6 Å². The second kappa shape index (κ2) is 8.04. The summed E-state index contributed by atoms with van der Waals surface area (Å²) in [6.07, 6.45) is 3.94. The molecule has 2 N–H and O–H groups in total. The first-order chi connectivity index (χ1) is 9.49. The number of aromatic nitrogens is 2. The molecule has 114 valence electrons. The molecule has 0 spiro atoms. The minimum absolute atomic E-state index is 0.0628. The molecule has 5 nitrogen and oxygen atoms in total. The van der Waals surface area contributed by atoms with Crippen LogP contribution in [0.5, 0.6) is 0 Å². The summed E-state index contributed by atoms with van der Waals surface area (Å²) in [4.78, 5) is 12.3. The van der Waals surface area contributed by atoms with E-state index in [1.54, 1.807) is 6.20 Å². The Hall–Kier alpha value is -1.36. The van der Waals surface area contributed by atoms with Crippen LogP contribution in [0.2, 0.25) is 0 Å². The number of carbonyl (C=O) groups is 1. The molecule has 20 heavy (non-hydrogen) atoms. The molecule has 0 saturated heterocycles. The maximum Gasteiger partial charge on any atom is 0.254 e. The van der Waals surface area contributed by atoms with E-state index in [0.717, 1.165) is 25.1 Å². The normalized spacial score (nSPS) is 12.7. The molecule has 0 bridgehead atoms. The summed E-state index contributed by atoms with van der Waals surface area (Å²) in [6, 6.07) is 0.0628. The van der Waals surface area contributed by atoms with Gasteiger partial charge in [-0.3, -0.25) is 9.48 Å². The van der Waals surface area contributed by atoms with Gasteiger partial charge in [-0.2, -0.15) is 5.10 Å². The predicted molar refractivity (Wildman–Crippen MR) is 79.7 cm³/mol. The third-order valence-corrected chi connectivity index (χ3v) is 3.24. The van der Waals surface area contributed by atoms with Crippen molar-refractivity contribution in [2.45, 2.75) is 59.5 Å². The van der Waals surface area contributed by atoms with Crippen molar-refractivity contribution < 1.29 is 9.90 Å². The molecule has 0 aliphatic rings. The number of nitrogens with one attached hydrogen (secondary N) is 1. The van der Waals surface area contributed by atoms with E-state index in [4.69, 9.17) is 5.11 Å². The van der Waals surface area contributed by atoms with Gasteiger partial charge in [-0.1, -0.05) is 20.8 Å². The molecule has 0 saturated carbocycles. The maximum absolute atomic E-state index is 12.3. The molecule has 0 fully saturated rings. The SMILES string of the molecule is CCc1c(C(=O)NC(C)CCCO)cnn1CC(C)C. The number of aliphatic hydroxyl groups is 1. The third kappa shape index (κ3) is 4.63. The van der Waals surface area contributed by atoms with Crippen LogP contribution in [-0.2, 0) is 13.0 Å². The van der Waals surface area contributed by atoms with Crippen LogP contribution in [0.3, 0.4) is 0 Å². The summed E-state index contributed by atoms with van der Waals surface area (Å²) in [5, 5.41) is 16.1. The predicted octanol–water partition coefficient (Wildman–Crippen LogP) is 1.99. The Bertz CT molecular complexity index is 427. The van der Waals surface area contributed by atoms with Crippen molar-refractivity contribution in [2.24, 2.45) is 5.92 Å². The van der Waals surface area contributed by atoms with Crippen molar-refractivity contribution in [3.63, 3.8) is 0 Å². The summed E-state index contributed by atoms with van der Waals surface area (Å²) in [5.41, 5.74) is 1.66. The van der Waals surface area contributed by atoms with E-state index in [1.165, 1.54) is 0 Å². The quantitative estimate of drug-likeness (QED) is 0.766. The lowest BCUT2D eigenvalue weighted by Crippen LogP contribution is -2.33. The lowest BCUT2D eigenvalue weighted by atomic mass is 10.1. The number of hydrogen-bond acceptors (Lipinski definition) is 3. The van der Waals surface area contributed by atoms with Gasteiger partial charge in [-0.05, 0) is 32.1 Å². The van der Waals surface area contributed by atoms with Crippen molar-refractivity contribution in [2.75, 3.05) is 6.61 Å². The van der Waals surface area contributed by atoms with Gasteiger partial charge in [-0.25, -0.2) is 0 Å². The van der Waals surface area contributed by atoms with Crippen molar-refractivity contribution in [3.8, 4) is 0 Å².